The summed E-state index contributed by atoms with van der Waals surface area (Å²) in [5.41, 5.74) is 3.86. The fourth-order valence-electron chi connectivity index (χ4n) is 1.94. The van der Waals surface area contributed by atoms with Crippen LogP contribution in [0.2, 0.25) is 10.0 Å². The molecule has 0 aliphatic carbocycles. The topological polar surface area (TPSA) is 38.0 Å². The average molecular weight is 315 g/mol. The molecule has 2 rings (SSSR count). The van der Waals surface area contributed by atoms with E-state index in [0.29, 0.717) is 10.0 Å². The lowest BCUT2D eigenvalue weighted by Crippen LogP contribution is -2.29. The highest BCUT2D eigenvalue weighted by Crippen LogP contribution is 2.31. The van der Waals surface area contributed by atoms with Crippen molar-refractivity contribution in [3.8, 4) is 0 Å². The van der Waals surface area contributed by atoms with Crippen LogP contribution in [0, 0.1) is 0 Å². The summed E-state index contributed by atoms with van der Waals surface area (Å²) in [6.45, 7) is 2.15. The minimum absolute atomic E-state index is 0.0567. The van der Waals surface area contributed by atoms with Gasteiger partial charge >= 0.3 is 0 Å². The number of rotatable bonds is 5. The SMILES string of the molecule is CCc1ccc(C(Cc2cccc(Cl)c2Cl)NN)s1. The highest BCUT2D eigenvalue weighted by atomic mass is 35.5. The molecule has 3 N–H and O–H groups in total. The molecule has 0 fully saturated rings. The number of aryl methyl sites for hydroxylation is 1. The number of nitrogens with two attached hydrogens (primary N) is 1. The monoisotopic (exact) mass is 314 g/mol. The molecule has 0 bridgehead atoms. The minimum Gasteiger partial charge on any atom is -0.271 e. The molecule has 0 amide bonds. The Bertz CT molecular complexity index is 554. The van der Waals surface area contributed by atoms with Crippen LogP contribution in [0.3, 0.4) is 0 Å². The molecule has 0 saturated heterocycles. The third-order valence-electron chi connectivity index (χ3n) is 3.03. The summed E-state index contributed by atoms with van der Waals surface area (Å²) in [5, 5.41) is 1.19. The van der Waals surface area contributed by atoms with Gasteiger partial charge in [-0.3, -0.25) is 11.3 Å². The molecule has 0 aliphatic heterocycles. The van der Waals surface area contributed by atoms with E-state index in [1.165, 1.54) is 9.75 Å². The lowest BCUT2D eigenvalue weighted by atomic mass is 10.1. The van der Waals surface area contributed by atoms with E-state index in [1.807, 2.05) is 12.1 Å². The van der Waals surface area contributed by atoms with Gasteiger partial charge in [0.1, 0.15) is 0 Å². The molecular formula is C14H16Cl2N2S. The molecule has 1 aromatic heterocycles. The van der Waals surface area contributed by atoms with Crippen LogP contribution < -0.4 is 11.3 Å². The first-order valence-corrected chi connectivity index (χ1v) is 7.70. The Labute approximate surface area is 127 Å². The molecule has 5 heteroatoms. The van der Waals surface area contributed by atoms with Gasteiger partial charge in [0.05, 0.1) is 16.1 Å². The van der Waals surface area contributed by atoms with E-state index in [9.17, 15) is 0 Å². The maximum atomic E-state index is 6.22. The summed E-state index contributed by atoms with van der Waals surface area (Å²) in [6, 6.07) is 9.99. The van der Waals surface area contributed by atoms with Crippen LogP contribution in [-0.2, 0) is 12.8 Å². The van der Waals surface area contributed by atoms with E-state index in [1.54, 1.807) is 17.4 Å². The third-order valence-corrected chi connectivity index (χ3v) is 5.23. The lowest BCUT2D eigenvalue weighted by Gasteiger charge is -2.15. The molecule has 1 heterocycles. The molecule has 102 valence electrons. The summed E-state index contributed by atoms with van der Waals surface area (Å²) in [4.78, 5) is 2.57. The Balaban J connectivity index is 2.21. The third kappa shape index (κ3) is 3.50. The van der Waals surface area contributed by atoms with Crippen molar-refractivity contribution < 1.29 is 0 Å². The second kappa shape index (κ2) is 6.73. The smallest absolute Gasteiger partial charge is 0.0625 e. The van der Waals surface area contributed by atoms with Gasteiger partial charge in [0, 0.05) is 9.75 Å². The zero-order valence-electron chi connectivity index (χ0n) is 10.6. The maximum absolute atomic E-state index is 6.22. The molecule has 1 aromatic carbocycles. The number of hydrogen-bond donors (Lipinski definition) is 2. The van der Waals surface area contributed by atoms with Crippen LogP contribution in [-0.4, -0.2) is 0 Å². The van der Waals surface area contributed by atoms with Gasteiger partial charge in [-0.2, -0.15) is 0 Å². The van der Waals surface area contributed by atoms with E-state index in [4.69, 9.17) is 29.0 Å². The second-order valence-corrected chi connectivity index (χ2v) is 6.28. The summed E-state index contributed by atoms with van der Waals surface area (Å²) in [5.74, 6) is 5.67. The van der Waals surface area contributed by atoms with Crippen LogP contribution >= 0.6 is 34.5 Å². The largest absolute Gasteiger partial charge is 0.271 e. The van der Waals surface area contributed by atoms with E-state index < -0.39 is 0 Å². The summed E-state index contributed by atoms with van der Waals surface area (Å²) >= 11 is 14.0. The molecule has 19 heavy (non-hydrogen) atoms. The zero-order valence-corrected chi connectivity index (χ0v) is 12.9. The minimum atomic E-state index is 0.0567. The van der Waals surface area contributed by atoms with Gasteiger partial charge in [0.2, 0.25) is 0 Å². The van der Waals surface area contributed by atoms with Gasteiger partial charge < -0.3 is 0 Å². The molecule has 0 saturated carbocycles. The fourth-order valence-corrected chi connectivity index (χ4v) is 3.35. The van der Waals surface area contributed by atoms with E-state index in [-0.39, 0.29) is 6.04 Å². The summed E-state index contributed by atoms with van der Waals surface area (Å²) in [7, 11) is 0. The predicted molar refractivity (Wildman–Crippen MR) is 83.9 cm³/mol. The van der Waals surface area contributed by atoms with Crippen molar-refractivity contribution >= 4 is 34.5 Å². The first-order chi connectivity index (χ1) is 9.15. The number of benzene rings is 1. The van der Waals surface area contributed by atoms with Crippen molar-refractivity contribution in [2.24, 2.45) is 5.84 Å². The highest BCUT2D eigenvalue weighted by molar-refractivity contribution is 7.12. The van der Waals surface area contributed by atoms with Crippen molar-refractivity contribution in [2.45, 2.75) is 25.8 Å². The molecule has 0 spiro atoms. The normalized spacial score (nSPS) is 12.6. The molecule has 0 radical (unpaired) electrons. The van der Waals surface area contributed by atoms with Crippen LogP contribution in [0.4, 0.5) is 0 Å². The molecule has 2 nitrogen and oxygen atoms in total. The predicted octanol–water partition coefficient (Wildman–Crippen LogP) is 4.36. The van der Waals surface area contributed by atoms with Crippen LogP contribution in [0.1, 0.15) is 28.3 Å². The van der Waals surface area contributed by atoms with E-state index >= 15 is 0 Å². The van der Waals surface area contributed by atoms with Gasteiger partial charge in [0.25, 0.3) is 0 Å². The number of hydrazine groups is 1. The number of halogens is 2. The summed E-state index contributed by atoms with van der Waals surface area (Å²) < 4.78 is 0. The van der Waals surface area contributed by atoms with Crippen molar-refractivity contribution in [3.63, 3.8) is 0 Å². The van der Waals surface area contributed by atoms with E-state index in [2.05, 4.69) is 24.5 Å². The Morgan fingerprint density at radius 1 is 1.26 bits per heavy atom. The van der Waals surface area contributed by atoms with Crippen LogP contribution in [0.25, 0.3) is 0 Å². The Morgan fingerprint density at radius 3 is 2.68 bits per heavy atom. The second-order valence-electron chi connectivity index (χ2n) is 4.29. The van der Waals surface area contributed by atoms with Crippen molar-refractivity contribution in [3.05, 3.63) is 55.7 Å². The van der Waals surface area contributed by atoms with Gasteiger partial charge in [0.15, 0.2) is 0 Å². The van der Waals surface area contributed by atoms with Gasteiger partial charge in [-0.25, -0.2) is 0 Å². The number of thiophene rings is 1. The summed E-state index contributed by atoms with van der Waals surface area (Å²) in [6.07, 6.45) is 1.76. The average Bonchev–Trinajstić information content (AvgIpc) is 2.89. The fraction of sp³-hybridized carbons (Fsp3) is 0.286. The van der Waals surface area contributed by atoms with Gasteiger partial charge in [-0.1, -0.05) is 42.3 Å². The molecule has 2 aromatic rings. The zero-order chi connectivity index (χ0) is 13.8. The van der Waals surface area contributed by atoms with Crippen molar-refractivity contribution in [2.75, 3.05) is 0 Å². The van der Waals surface area contributed by atoms with Crippen LogP contribution in [0.5, 0.6) is 0 Å². The Kier molecular flexibility index (Phi) is 5.25. The Hall–Kier alpha value is -0.580. The van der Waals surface area contributed by atoms with Gasteiger partial charge in [-0.15, -0.1) is 11.3 Å². The van der Waals surface area contributed by atoms with Crippen molar-refractivity contribution in [1.82, 2.24) is 5.43 Å². The van der Waals surface area contributed by atoms with Crippen LogP contribution in [0.15, 0.2) is 30.3 Å². The standard InChI is InChI=1S/C14H16Cl2N2S/c1-2-10-6-7-13(19-10)12(18-17)8-9-4-3-5-11(15)14(9)16/h3-7,12,18H,2,8,17H2,1H3. The number of nitrogens with one attached hydrogen (secondary N) is 1. The van der Waals surface area contributed by atoms with Gasteiger partial charge in [-0.05, 0) is 36.6 Å². The first-order valence-electron chi connectivity index (χ1n) is 6.13. The molecule has 1 atom stereocenters. The molecule has 1 unspecified atom stereocenters. The molecular weight excluding hydrogens is 299 g/mol. The lowest BCUT2D eigenvalue weighted by molar-refractivity contribution is 0.561. The van der Waals surface area contributed by atoms with E-state index in [0.717, 1.165) is 18.4 Å². The Morgan fingerprint density at radius 2 is 2.05 bits per heavy atom. The molecule has 0 aliphatic rings. The quantitative estimate of drug-likeness (QED) is 0.635. The first kappa shape index (κ1) is 14.8. The van der Waals surface area contributed by atoms with Crippen molar-refractivity contribution in [1.29, 1.82) is 0 Å². The number of hydrogen-bond acceptors (Lipinski definition) is 3. The maximum Gasteiger partial charge on any atom is 0.0625 e. The highest BCUT2D eigenvalue weighted by Gasteiger charge is 2.15.